The summed E-state index contributed by atoms with van der Waals surface area (Å²) in [6.07, 6.45) is 0. The molecule has 0 saturated carbocycles. The van der Waals surface area contributed by atoms with Gasteiger partial charge in [0.25, 0.3) is 0 Å². The van der Waals surface area contributed by atoms with Crippen LogP contribution in [-0.2, 0) is 0 Å². The summed E-state index contributed by atoms with van der Waals surface area (Å²) in [5, 5.41) is 6.31. The van der Waals surface area contributed by atoms with E-state index in [0.717, 1.165) is 43.4 Å². The van der Waals surface area contributed by atoms with Crippen LogP contribution in [0.15, 0.2) is 180 Å². The predicted octanol–water partition coefficient (Wildman–Crippen LogP) is 13.0. The van der Waals surface area contributed by atoms with Crippen LogP contribution in [-0.4, -0.2) is 24.1 Å². The number of fused-ring (bicyclic) bond motifs is 9. The van der Waals surface area contributed by atoms with Gasteiger partial charge in [-0.15, -0.1) is 0 Å². The van der Waals surface area contributed by atoms with E-state index < -0.39 is 60.4 Å². The number of nitrogens with zero attached hydrogens (tertiary/aromatic N) is 5. The Morgan fingerprint density at radius 1 is 0.421 bits per heavy atom. The van der Waals surface area contributed by atoms with Crippen molar-refractivity contribution >= 4 is 87.1 Å². The van der Waals surface area contributed by atoms with Crippen LogP contribution >= 0.6 is 0 Å². The lowest BCUT2D eigenvalue weighted by Crippen LogP contribution is -2.06. The summed E-state index contributed by atoms with van der Waals surface area (Å²) >= 11 is 0. The average Bonchev–Trinajstić information content (AvgIpc) is 4.05. The van der Waals surface area contributed by atoms with E-state index in [2.05, 4.69) is 0 Å². The van der Waals surface area contributed by atoms with Gasteiger partial charge in [-0.25, -0.2) is 4.98 Å². The lowest BCUT2D eigenvalue weighted by Gasteiger charge is -2.14. The van der Waals surface area contributed by atoms with E-state index in [1.807, 2.05) is 108 Å². The third-order valence-electron chi connectivity index (χ3n) is 10.9. The SMILES string of the molecule is [2H]c1c([2H])c([2H])c(-n2c3cccc4c5ccccc5c5c(-c6nc(-c7c([2H])c([2H])c8c(oc9c([2H])c([2H])c([2H])c([2H])c98)c7[2H])nc(-n7c8ccccc8c8ccccc87)n6)ccc2c5c43)c([2H])c1[2H]. The van der Waals surface area contributed by atoms with E-state index in [9.17, 15) is 4.11 Å². The van der Waals surface area contributed by atoms with Crippen molar-refractivity contribution in [2.24, 2.45) is 0 Å². The highest BCUT2D eigenvalue weighted by atomic mass is 16.3. The Labute approximate surface area is 341 Å². The number of benzene rings is 9. The molecule has 0 aliphatic rings. The van der Waals surface area contributed by atoms with E-state index >= 15 is 0 Å². The van der Waals surface area contributed by atoms with Gasteiger partial charge in [-0.3, -0.25) is 4.57 Å². The highest BCUT2D eigenvalue weighted by molar-refractivity contribution is 6.36. The average molecular weight is 740 g/mol. The first-order valence-electron chi connectivity index (χ1n) is 24.2. The Kier molecular flexibility index (Phi) is 4.24. The molecule has 0 bridgehead atoms. The van der Waals surface area contributed by atoms with Crippen molar-refractivity contribution in [3.8, 4) is 34.4 Å². The van der Waals surface area contributed by atoms with Crippen molar-refractivity contribution in [3.05, 3.63) is 176 Å². The van der Waals surface area contributed by atoms with Gasteiger partial charge in [-0.1, -0.05) is 115 Å². The third kappa shape index (κ3) is 4.21. The maximum absolute atomic E-state index is 9.63. The van der Waals surface area contributed by atoms with Gasteiger partial charge in [0.05, 0.1) is 38.5 Å². The number of hydrogen-bond acceptors (Lipinski definition) is 4. The topological polar surface area (TPSA) is 61.7 Å². The van der Waals surface area contributed by atoms with E-state index in [4.69, 9.17) is 31.7 Å². The largest absolute Gasteiger partial charge is 0.456 e. The normalized spacial score (nSPS) is 15.2. The molecule has 4 heterocycles. The minimum Gasteiger partial charge on any atom is -0.456 e. The second kappa shape index (κ2) is 11.4. The predicted molar refractivity (Wildman–Crippen MR) is 233 cm³/mol. The van der Waals surface area contributed by atoms with Gasteiger partial charge in [-0.2, -0.15) is 9.97 Å². The molecule has 0 fully saturated rings. The summed E-state index contributed by atoms with van der Waals surface area (Å²) in [5.74, 6) is 0.0999. The molecule has 0 N–H and O–H groups in total. The van der Waals surface area contributed by atoms with Gasteiger partial charge in [0.2, 0.25) is 5.95 Å². The maximum atomic E-state index is 9.63. The molecule has 6 heteroatoms. The fourth-order valence-electron chi connectivity index (χ4n) is 8.62. The van der Waals surface area contributed by atoms with Crippen LogP contribution in [0.4, 0.5) is 0 Å². The van der Waals surface area contributed by atoms with Crippen molar-refractivity contribution in [3.63, 3.8) is 0 Å². The fourth-order valence-corrected chi connectivity index (χ4v) is 8.62. The molecule has 13 aromatic rings. The van der Waals surface area contributed by atoms with Crippen LogP contribution in [0.2, 0.25) is 0 Å². The minimum atomic E-state index is -0.542. The molecule has 264 valence electrons. The Balaban J connectivity index is 1.19. The first-order valence-corrected chi connectivity index (χ1v) is 18.2. The molecular weight excluding hydrogens is 699 g/mol. The summed E-state index contributed by atoms with van der Waals surface area (Å²) in [7, 11) is 0. The van der Waals surface area contributed by atoms with Crippen LogP contribution in [0.25, 0.3) is 122 Å². The van der Waals surface area contributed by atoms with Crippen LogP contribution < -0.4 is 0 Å². The van der Waals surface area contributed by atoms with Crippen LogP contribution in [0.3, 0.4) is 0 Å². The highest BCUT2D eigenvalue weighted by Crippen LogP contribution is 2.47. The standard InChI is InChI=1S/C51H29N5O/c1-2-13-31(14-3-1)55-42-23-12-20-38-32-15-4-5-19-37(32)46-39(27-28-43(55)48(46)47(38)42)50-52-49(30-25-26-36-35-18-8-11-24-44(35)57-45(36)29-30)53-51(54-50)56-40-21-9-6-16-33(40)34-17-7-10-22-41(34)56/h1-29H/i1D,2D,3D,8D,11D,13D,14D,18D,24D,25D,26D,29D. The van der Waals surface area contributed by atoms with Crippen molar-refractivity contribution in [1.29, 1.82) is 0 Å². The Bertz CT molecular complexity index is 4400. The van der Waals surface area contributed by atoms with Gasteiger partial charge >= 0.3 is 0 Å². The maximum Gasteiger partial charge on any atom is 0.238 e. The van der Waals surface area contributed by atoms with Crippen molar-refractivity contribution < 1.29 is 20.9 Å². The molecule has 0 radical (unpaired) electrons. The first kappa shape index (κ1) is 21.3. The fraction of sp³-hybridized carbons (Fsp3) is 0. The lowest BCUT2D eigenvalue weighted by molar-refractivity contribution is 0.669. The molecule has 6 nitrogen and oxygen atoms in total. The Morgan fingerprint density at radius 2 is 1.05 bits per heavy atom. The first-order chi connectivity index (χ1) is 33.3. The van der Waals surface area contributed by atoms with E-state index in [-0.39, 0.29) is 62.9 Å². The summed E-state index contributed by atoms with van der Waals surface area (Å²) < 4.78 is 116. The molecule has 0 atom stereocenters. The zero-order chi connectivity index (χ0) is 47.6. The van der Waals surface area contributed by atoms with Gasteiger partial charge < -0.3 is 8.98 Å². The van der Waals surface area contributed by atoms with Crippen LogP contribution in [0.5, 0.6) is 0 Å². The molecule has 57 heavy (non-hydrogen) atoms. The zero-order valence-electron chi connectivity index (χ0n) is 41.5. The summed E-state index contributed by atoms with van der Waals surface area (Å²) in [4.78, 5) is 15.3. The molecule has 0 amide bonds. The molecule has 0 spiro atoms. The van der Waals surface area contributed by atoms with E-state index in [1.165, 1.54) is 0 Å². The molecule has 0 aliphatic carbocycles. The molecule has 13 rings (SSSR count). The molecule has 4 aromatic heterocycles. The third-order valence-corrected chi connectivity index (χ3v) is 10.9. The second-order valence-corrected chi connectivity index (χ2v) is 13.8. The van der Waals surface area contributed by atoms with Gasteiger partial charge in [0.15, 0.2) is 11.6 Å². The Morgan fingerprint density at radius 3 is 1.88 bits per heavy atom. The second-order valence-electron chi connectivity index (χ2n) is 13.8. The number of hydrogen-bond donors (Lipinski definition) is 0. The summed E-state index contributed by atoms with van der Waals surface area (Å²) in [6.45, 7) is 0. The van der Waals surface area contributed by atoms with E-state index in [1.54, 1.807) is 4.57 Å². The smallest absolute Gasteiger partial charge is 0.238 e. The zero-order valence-corrected chi connectivity index (χ0v) is 29.5. The van der Waals surface area contributed by atoms with Crippen LogP contribution in [0.1, 0.15) is 16.4 Å². The van der Waals surface area contributed by atoms with Crippen LogP contribution in [0, 0.1) is 0 Å². The molecule has 0 saturated heterocycles. The summed E-state index contributed by atoms with van der Waals surface area (Å²) in [6, 6.07) is 27.2. The lowest BCUT2D eigenvalue weighted by atomic mass is 9.91. The molecule has 0 unspecified atom stereocenters. The van der Waals surface area contributed by atoms with Gasteiger partial charge in [0.1, 0.15) is 11.2 Å². The van der Waals surface area contributed by atoms with Crippen molar-refractivity contribution in [2.45, 2.75) is 0 Å². The van der Waals surface area contributed by atoms with Crippen molar-refractivity contribution in [1.82, 2.24) is 24.1 Å². The van der Waals surface area contributed by atoms with Crippen molar-refractivity contribution in [2.75, 3.05) is 0 Å². The van der Waals surface area contributed by atoms with Gasteiger partial charge in [0, 0.05) is 54.5 Å². The number of rotatable bonds is 4. The monoisotopic (exact) mass is 739 g/mol. The Hall–Kier alpha value is -7.83. The molecule has 0 aliphatic heterocycles. The number of para-hydroxylation sites is 4. The van der Waals surface area contributed by atoms with E-state index in [0.29, 0.717) is 27.4 Å². The number of aromatic nitrogens is 5. The van der Waals surface area contributed by atoms with Gasteiger partial charge in [-0.05, 0) is 76.7 Å². The minimum absolute atomic E-state index is 0.00925. The quantitative estimate of drug-likeness (QED) is 0.169. The number of furan rings is 1. The highest BCUT2D eigenvalue weighted by Gasteiger charge is 2.25. The molecule has 9 aromatic carbocycles. The summed E-state index contributed by atoms with van der Waals surface area (Å²) in [5.41, 5.74) is 2.51. The molecular formula is C51H29N5O.